The van der Waals surface area contributed by atoms with E-state index in [1.165, 1.54) is 6.21 Å². The first-order valence-corrected chi connectivity index (χ1v) is 11.1. The van der Waals surface area contributed by atoms with E-state index in [0.717, 1.165) is 5.56 Å². The Bertz CT molecular complexity index is 1210. The van der Waals surface area contributed by atoms with Gasteiger partial charge in [0, 0.05) is 15.7 Å². The maximum absolute atomic E-state index is 12.5. The molecule has 3 rings (SSSR count). The quantitative estimate of drug-likeness (QED) is 0.156. The number of carbonyl (C=O) groups is 3. The van der Waals surface area contributed by atoms with Gasteiger partial charge >= 0.3 is 17.8 Å². The van der Waals surface area contributed by atoms with Gasteiger partial charge in [-0.05, 0) is 68.4 Å². The van der Waals surface area contributed by atoms with Crippen LogP contribution in [0.2, 0.25) is 0 Å². The Morgan fingerprint density at radius 2 is 1.68 bits per heavy atom. The number of benzene rings is 3. The first-order chi connectivity index (χ1) is 16.4. The number of aryl methyl sites for hydroxylation is 1. The van der Waals surface area contributed by atoms with Crippen molar-refractivity contribution in [1.29, 1.82) is 0 Å². The van der Waals surface area contributed by atoms with Crippen molar-refractivity contribution in [3.63, 3.8) is 0 Å². The summed E-state index contributed by atoms with van der Waals surface area (Å²) in [4.78, 5) is 36.6. The highest BCUT2D eigenvalue weighted by molar-refractivity contribution is 9.10. The van der Waals surface area contributed by atoms with Crippen molar-refractivity contribution in [2.75, 3.05) is 11.9 Å². The van der Waals surface area contributed by atoms with E-state index in [0.29, 0.717) is 33.6 Å². The van der Waals surface area contributed by atoms with E-state index < -0.39 is 17.8 Å². The zero-order valence-electron chi connectivity index (χ0n) is 18.5. The number of nitrogens with one attached hydrogen (secondary N) is 2. The molecule has 0 unspecified atom stereocenters. The van der Waals surface area contributed by atoms with Crippen molar-refractivity contribution < 1.29 is 23.9 Å². The fourth-order valence-electron chi connectivity index (χ4n) is 2.76. The molecule has 2 amide bonds. The molecule has 0 spiro atoms. The second-order valence-electron chi connectivity index (χ2n) is 7.05. The number of nitrogens with zero attached hydrogens (tertiary/aromatic N) is 1. The molecule has 0 aliphatic carbocycles. The Morgan fingerprint density at radius 3 is 2.35 bits per heavy atom. The zero-order chi connectivity index (χ0) is 24.5. The van der Waals surface area contributed by atoms with Crippen LogP contribution in [0.25, 0.3) is 0 Å². The summed E-state index contributed by atoms with van der Waals surface area (Å²) in [5, 5.41) is 6.30. The Morgan fingerprint density at radius 1 is 0.971 bits per heavy atom. The number of hydrazone groups is 1. The number of amides is 2. The number of carbonyl (C=O) groups excluding carboxylic acids is 3. The first-order valence-electron chi connectivity index (χ1n) is 10.3. The molecule has 2 N–H and O–H groups in total. The van der Waals surface area contributed by atoms with Gasteiger partial charge in [-0.2, -0.15) is 5.10 Å². The van der Waals surface area contributed by atoms with E-state index >= 15 is 0 Å². The molecule has 3 aromatic rings. The predicted molar refractivity (Wildman–Crippen MR) is 132 cm³/mol. The Labute approximate surface area is 205 Å². The molecular formula is C25H22BrN3O5. The summed E-state index contributed by atoms with van der Waals surface area (Å²) >= 11 is 3.35. The fourth-order valence-corrected chi connectivity index (χ4v) is 3.14. The summed E-state index contributed by atoms with van der Waals surface area (Å²) in [6, 6.07) is 18.5. The van der Waals surface area contributed by atoms with Gasteiger partial charge in [-0.25, -0.2) is 10.2 Å². The minimum Gasteiger partial charge on any atom is -0.494 e. The number of hydrogen-bond donors (Lipinski definition) is 2. The van der Waals surface area contributed by atoms with Crippen LogP contribution in [0.1, 0.15) is 28.4 Å². The summed E-state index contributed by atoms with van der Waals surface area (Å²) in [6.45, 7) is 4.31. The van der Waals surface area contributed by atoms with Gasteiger partial charge in [0.1, 0.15) is 11.5 Å². The van der Waals surface area contributed by atoms with Crippen molar-refractivity contribution in [3.05, 3.63) is 87.9 Å². The molecule has 0 aromatic heterocycles. The molecule has 0 atom stereocenters. The second kappa shape index (κ2) is 11.8. The highest BCUT2D eigenvalue weighted by Gasteiger charge is 2.14. The van der Waals surface area contributed by atoms with Crippen LogP contribution >= 0.6 is 15.9 Å². The molecule has 174 valence electrons. The standard InChI is InChI=1S/C25H22BrN3O5/c1-3-33-21-11-6-17(7-12-21)25(32)34-22-13-8-19(26)14-18(22)15-27-29-24(31)23(30)28-20-9-4-16(2)5-10-20/h4-15H,3H2,1-2H3,(H,28,30)(H,29,31)/b27-15+. The lowest BCUT2D eigenvalue weighted by Gasteiger charge is -2.09. The van der Waals surface area contributed by atoms with Crippen LogP contribution in [-0.2, 0) is 9.59 Å². The smallest absolute Gasteiger partial charge is 0.343 e. The molecule has 3 aromatic carbocycles. The van der Waals surface area contributed by atoms with Crippen molar-refractivity contribution >= 4 is 45.6 Å². The van der Waals surface area contributed by atoms with Gasteiger partial charge in [0.05, 0.1) is 18.4 Å². The number of halogens is 1. The molecule has 0 saturated heterocycles. The van der Waals surface area contributed by atoms with Crippen molar-refractivity contribution in [2.45, 2.75) is 13.8 Å². The van der Waals surface area contributed by atoms with Gasteiger partial charge in [-0.3, -0.25) is 9.59 Å². The molecule has 0 heterocycles. The average Bonchev–Trinajstić information content (AvgIpc) is 2.82. The van der Waals surface area contributed by atoms with Crippen molar-refractivity contribution in [1.82, 2.24) is 5.43 Å². The summed E-state index contributed by atoms with van der Waals surface area (Å²) in [5.41, 5.74) is 4.43. The van der Waals surface area contributed by atoms with Crippen LogP contribution in [0.15, 0.2) is 76.3 Å². The Kier molecular flexibility index (Phi) is 8.53. The van der Waals surface area contributed by atoms with Gasteiger partial charge in [0.25, 0.3) is 0 Å². The first kappa shape index (κ1) is 24.7. The molecule has 8 nitrogen and oxygen atoms in total. The van der Waals surface area contributed by atoms with E-state index in [-0.39, 0.29) is 5.75 Å². The maximum Gasteiger partial charge on any atom is 0.343 e. The van der Waals surface area contributed by atoms with Crippen LogP contribution in [0, 0.1) is 6.92 Å². The Balaban J connectivity index is 1.64. The molecule has 0 saturated carbocycles. The van der Waals surface area contributed by atoms with Crippen molar-refractivity contribution in [3.8, 4) is 11.5 Å². The van der Waals surface area contributed by atoms with E-state index in [2.05, 4.69) is 31.8 Å². The lowest BCUT2D eigenvalue weighted by molar-refractivity contribution is -0.136. The Hall–Kier alpha value is -3.98. The van der Waals surface area contributed by atoms with E-state index in [1.54, 1.807) is 54.6 Å². The predicted octanol–water partition coefficient (Wildman–Crippen LogP) is 4.46. The molecule has 0 radical (unpaired) electrons. The summed E-state index contributed by atoms with van der Waals surface area (Å²) in [5.74, 6) is -1.50. The van der Waals surface area contributed by atoms with Gasteiger partial charge in [-0.15, -0.1) is 0 Å². The summed E-state index contributed by atoms with van der Waals surface area (Å²) in [7, 11) is 0. The normalized spacial score (nSPS) is 10.6. The zero-order valence-corrected chi connectivity index (χ0v) is 20.1. The monoisotopic (exact) mass is 523 g/mol. The fraction of sp³-hybridized carbons (Fsp3) is 0.120. The summed E-state index contributed by atoms with van der Waals surface area (Å²) < 4.78 is 11.6. The van der Waals surface area contributed by atoms with Crippen LogP contribution in [0.4, 0.5) is 5.69 Å². The number of ether oxygens (including phenoxy) is 2. The van der Waals surface area contributed by atoms with Crippen LogP contribution in [0.3, 0.4) is 0 Å². The van der Waals surface area contributed by atoms with Gasteiger partial charge in [0.15, 0.2) is 0 Å². The van der Waals surface area contributed by atoms with Gasteiger partial charge < -0.3 is 14.8 Å². The highest BCUT2D eigenvalue weighted by atomic mass is 79.9. The number of rotatable bonds is 7. The minimum atomic E-state index is -0.945. The maximum atomic E-state index is 12.5. The largest absolute Gasteiger partial charge is 0.494 e. The third kappa shape index (κ3) is 7.01. The van der Waals surface area contributed by atoms with E-state index in [1.807, 2.05) is 26.0 Å². The molecule has 0 aliphatic rings. The number of hydrogen-bond acceptors (Lipinski definition) is 6. The van der Waals surface area contributed by atoms with Crippen LogP contribution in [0.5, 0.6) is 11.5 Å². The van der Waals surface area contributed by atoms with Gasteiger partial charge in [-0.1, -0.05) is 33.6 Å². The molecular weight excluding hydrogens is 502 g/mol. The lowest BCUT2D eigenvalue weighted by atomic mass is 10.2. The average molecular weight is 524 g/mol. The minimum absolute atomic E-state index is 0.226. The van der Waals surface area contributed by atoms with E-state index in [4.69, 9.17) is 9.47 Å². The molecule has 0 fully saturated rings. The topological polar surface area (TPSA) is 106 Å². The summed E-state index contributed by atoms with van der Waals surface area (Å²) in [6.07, 6.45) is 1.28. The number of anilines is 1. The molecule has 34 heavy (non-hydrogen) atoms. The second-order valence-corrected chi connectivity index (χ2v) is 7.96. The lowest BCUT2D eigenvalue weighted by Crippen LogP contribution is -2.32. The highest BCUT2D eigenvalue weighted by Crippen LogP contribution is 2.23. The third-order valence-corrected chi connectivity index (χ3v) is 4.95. The van der Waals surface area contributed by atoms with E-state index in [9.17, 15) is 14.4 Å². The number of esters is 1. The third-order valence-electron chi connectivity index (χ3n) is 4.46. The van der Waals surface area contributed by atoms with Crippen LogP contribution < -0.4 is 20.2 Å². The van der Waals surface area contributed by atoms with Crippen LogP contribution in [-0.4, -0.2) is 30.6 Å². The molecule has 9 heteroatoms. The molecule has 0 bridgehead atoms. The SMILES string of the molecule is CCOc1ccc(C(=O)Oc2ccc(Br)cc2/C=N/NC(=O)C(=O)Nc2ccc(C)cc2)cc1. The van der Waals surface area contributed by atoms with Crippen molar-refractivity contribution in [2.24, 2.45) is 5.10 Å². The van der Waals surface area contributed by atoms with Gasteiger partial charge in [0.2, 0.25) is 0 Å². The molecule has 0 aliphatic heterocycles.